The third-order valence-electron chi connectivity index (χ3n) is 2.73. The molecule has 0 spiro atoms. The maximum atomic E-state index is 12.6. The third kappa shape index (κ3) is 4.63. The molecular formula is C13H19F2NO2S2. The van der Waals surface area contributed by atoms with Gasteiger partial charge in [-0.1, -0.05) is 19.1 Å². The SMILES string of the molecule is CCSCCC(C)Nc1ccccc1S(=O)(=O)C(F)F. The third-order valence-corrected chi connectivity index (χ3v) is 5.10. The molecule has 1 N–H and O–H groups in total. The molecule has 0 aliphatic carbocycles. The molecule has 3 nitrogen and oxygen atoms in total. The molecule has 1 unspecified atom stereocenters. The number of nitrogens with one attached hydrogen (secondary N) is 1. The lowest BCUT2D eigenvalue weighted by Gasteiger charge is -2.17. The summed E-state index contributed by atoms with van der Waals surface area (Å²) in [6, 6.07) is 5.80. The number of alkyl halides is 2. The van der Waals surface area contributed by atoms with E-state index in [-0.39, 0.29) is 16.6 Å². The van der Waals surface area contributed by atoms with Gasteiger partial charge in [0, 0.05) is 6.04 Å². The van der Waals surface area contributed by atoms with Crippen molar-refractivity contribution in [1.29, 1.82) is 0 Å². The molecule has 0 saturated heterocycles. The highest BCUT2D eigenvalue weighted by molar-refractivity contribution is 7.99. The quantitative estimate of drug-likeness (QED) is 0.742. The van der Waals surface area contributed by atoms with Gasteiger partial charge in [-0.05, 0) is 37.0 Å². The molecule has 7 heteroatoms. The van der Waals surface area contributed by atoms with Gasteiger partial charge >= 0.3 is 5.76 Å². The first-order chi connectivity index (χ1) is 9.39. The lowest BCUT2D eigenvalue weighted by atomic mass is 10.2. The van der Waals surface area contributed by atoms with Crippen molar-refractivity contribution in [3.8, 4) is 0 Å². The predicted octanol–water partition coefficient (Wildman–Crippen LogP) is 3.63. The number of para-hydroxylation sites is 1. The van der Waals surface area contributed by atoms with Crippen molar-refractivity contribution in [2.45, 2.75) is 37.0 Å². The Kier molecular flexibility index (Phi) is 6.75. The molecule has 114 valence electrons. The summed E-state index contributed by atoms with van der Waals surface area (Å²) in [5.41, 5.74) is 0.238. The molecule has 1 rings (SSSR count). The minimum Gasteiger partial charge on any atom is -0.382 e. The molecule has 0 aliphatic heterocycles. The lowest BCUT2D eigenvalue weighted by molar-refractivity contribution is 0.235. The Labute approximate surface area is 123 Å². The summed E-state index contributed by atoms with van der Waals surface area (Å²) in [5.74, 6) is -1.45. The number of hydrogen-bond acceptors (Lipinski definition) is 4. The van der Waals surface area contributed by atoms with Crippen LogP contribution in [-0.2, 0) is 9.84 Å². The van der Waals surface area contributed by atoms with Crippen molar-refractivity contribution < 1.29 is 17.2 Å². The highest BCUT2D eigenvalue weighted by Crippen LogP contribution is 2.26. The van der Waals surface area contributed by atoms with Crippen molar-refractivity contribution in [3.05, 3.63) is 24.3 Å². The molecule has 1 atom stereocenters. The van der Waals surface area contributed by atoms with E-state index in [1.807, 2.05) is 6.92 Å². The second kappa shape index (κ2) is 7.83. The monoisotopic (exact) mass is 323 g/mol. The van der Waals surface area contributed by atoms with Crippen LogP contribution in [0.1, 0.15) is 20.3 Å². The van der Waals surface area contributed by atoms with Crippen molar-refractivity contribution in [2.24, 2.45) is 0 Å². The van der Waals surface area contributed by atoms with E-state index in [1.54, 1.807) is 17.8 Å². The maximum Gasteiger partial charge on any atom is 0.341 e. The summed E-state index contributed by atoms with van der Waals surface area (Å²) in [4.78, 5) is -0.343. The van der Waals surface area contributed by atoms with Gasteiger partial charge in [-0.3, -0.25) is 0 Å². The van der Waals surface area contributed by atoms with Gasteiger partial charge in [0.05, 0.1) is 10.6 Å². The highest BCUT2D eigenvalue weighted by atomic mass is 32.2. The fourth-order valence-electron chi connectivity index (χ4n) is 1.67. The summed E-state index contributed by atoms with van der Waals surface area (Å²) in [6.45, 7) is 3.97. The van der Waals surface area contributed by atoms with Crippen LogP contribution in [-0.4, -0.2) is 31.7 Å². The minimum absolute atomic E-state index is 0.0167. The molecule has 1 aromatic carbocycles. The predicted molar refractivity (Wildman–Crippen MR) is 80.3 cm³/mol. The number of thioether (sulfide) groups is 1. The summed E-state index contributed by atoms with van der Waals surface area (Å²) in [7, 11) is -4.58. The van der Waals surface area contributed by atoms with E-state index in [9.17, 15) is 17.2 Å². The normalized spacial score (nSPS) is 13.4. The van der Waals surface area contributed by atoms with Crippen LogP contribution in [0.15, 0.2) is 29.2 Å². The van der Waals surface area contributed by atoms with Gasteiger partial charge in [0.2, 0.25) is 9.84 Å². The second-order valence-electron chi connectivity index (χ2n) is 4.33. The van der Waals surface area contributed by atoms with Gasteiger partial charge in [-0.15, -0.1) is 0 Å². The maximum absolute atomic E-state index is 12.6. The van der Waals surface area contributed by atoms with Crippen LogP contribution in [0.2, 0.25) is 0 Å². The molecule has 0 aromatic heterocycles. The van der Waals surface area contributed by atoms with E-state index in [4.69, 9.17) is 0 Å². The molecule has 0 bridgehead atoms. The first-order valence-corrected chi connectivity index (χ1v) is 9.05. The molecule has 1 aromatic rings. The first kappa shape index (κ1) is 17.2. The van der Waals surface area contributed by atoms with Gasteiger partial charge in [0.1, 0.15) is 0 Å². The fourth-order valence-corrected chi connectivity index (χ4v) is 3.37. The molecule has 20 heavy (non-hydrogen) atoms. The zero-order valence-electron chi connectivity index (χ0n) is 11.5. The minimum atomic E-state index is -4.58. The largest absolute Gasteiger partial charge is 0.382 e. The Morgan fingerprint density at radius 1 is 1.30 bits per heavy atom. The molecule has 0 amide bonds. The van der Waals surface area contributed by atoms with Crippen molar-refractivity contribution in [2.75, 3.05) is 16.8 Å². The number of sulfone groups is 1. The van der Waals surface area contributed by atoms with Gasteiger partial charge < -0.3 is 5.32 Å². The Balaban J connectivity index is 2.86. The first-order valence-electron chi connectivity index (χ1n) is 6.35. The Morgan fingerprint density at radius 3 is 2.55 bits per heavy atom. The van der Waals surface area contributed by atoms with Gasteiger partial charge in [-0.25, -0.2) is 8.42 Å². The van der Waals surface area contributed by atoms with Crippen LogP contribution in [0.3, 0.4) is 0 Å². The molecule has 0 fully saturated rings. The molecule has 0 aliphatic rings. The highest BCUT2D eigenvalue weighted by Gasteiger charge is 2.29. The summed E-state index contributed by atoms with van der Waals surface area (Å²) in [5, 5.41) is 3.00. The van der Waals surface area contributed by atoms with Crippen molar-refractivity contribution in [3.63, 3.8) is 0 Å². The number of halogens is 2. The van der Waals surface area contributed by atoms with Crippen molar-refractivity contribution in [1.82, 2.24) is 0 Å². The summed E-state index contributed by atoms with van der Waals surface area (Å²) in [6.07, 6.45) is 0.835. The average molecular weight is 323 g/mol. The van der Waals surface area contributed by atoms with Crippen LogP contribution in [0.4, 0.5) is 14.5 Å². The smallest absolute Gasteiger partial charge is 0.341 e. The number of rotatable bonds is 8. The summed E-state index contributed by atoms with van der Waals surface area (Å²) < 4.78 is 48.5. The van der Waals surface area contributed by atoms with Gasteiger partial charge in [0.25, 0.3) is 0 Å². The zero-order chi connectivity index (χ0) is 15.2. The van der Waals surface area contributed by atoms with Crippen LogP contribution in [0, 0.1) is 0 Å². The number of benzene rings is 1. The Bertz CT molecular complexity index is 521. The van der Waals surface area contributed by atoms with E-state index in [1.165, 1.54) is 18.2 Å². The van der Waals surface area contributed by atoms with E-state index >= 15 is 0 Å². The van der Waals surface area contributed by atoms with Crippen LogP contribution in [0.25, 0.3) is 0 Å². The molecular weight excluding hydrogens is 304 g/mol. The topological polar surface area (TPSA) is 46.2 Å². The average Bonchev–Trinajstić information content (AvgIpc) is 2.39. The van der Waals surface area contributed by atoms with Gasteiger partial charge in [0.15, 0.2) is 0 Å². The number of hydrogen-bond donors (Lipinski definition) is 1. The molecule has 0 radical (unpaired) electrons. The Hall–Kier alpha value is -0.820. The van der Waals surface area contributed by atoms with E-state index in [0.29, 0.717) is 0 Å². The van der Waals surface area contributed by atoms with Crippen LogP contribution < -0.4 is 5.32 Å². The number of anilines is 1. The van der Waals surface area contributed by atoms with Crippen LogP contribution >= 0.6 is 11.8 Å². The van der Waals surface area contributed by atoms with Crippen LogP contribution in [0.5, 0.6) is 0 Å². The van der Waals surface area contributed by atoms with E-state index in [0.717, 1.165) is 17.9 Å². The fraction of sp³-hybridized carbons (Fsp3) is 0.538. The Morgan fingerprint density at radius 2 is 1.95 bits per heavy atom. The molecule has 0 heterocycles. The summed E-state index contributed by atoms with van der Waals surface area (Å²) >= 11 is 1.78. The second-order valence-corrected chi connectivity index (χ2v) is 7.61. The molecule has 0 saturated carbocycles. The zero-order valence-corrected chi connectivity index (χ0v) is 13.1. The van der Waals surface area contributed by atoms with Crippen molar-refractivity contribution >= 4 is 27.3 Å². The van der Waals surface area contributed by atoms with Gasteiger partial charge in [-0.2, -0.15) is 20.5 Å². The lowest BCUT2D eigenvalue weighted by Crippen LogP contribution is -2.20. The van der Waals surface area contributed by atoms with E-state index in [2.05, 4.69) is 12.2 Å². The van der Waals surface area contributed by atoms with E-state index < -0.39 is 15.6 Å². The standard InChI is InChI=1S/C13H19F2NO2S2/c1-3-19-9-8-10(2)16-11-6-4-5-7-12(11)20(17,18)13(14)15/h4-7,10,13,16H,3,8-9H2,1-2H3.